The van der Waals surface area contributed by atoms with Gasteiger partial charge in [0.15, 0.2) is 0 Å². The van der Waals surface area contributed by atoms with Crippen LogP contribution in [-0.2, 0) is 6.54 Å². The Bertz CT molecular complexity index is 537. The third-order valence-electron chi connectivity index (χ3n) is 3.08. The highest BCUT2D eigenvalue weighted by molar-refractivity contribution is 7.09. The van der Waals surface area contributed by atoms with Gasteiger partial charge >= 0.3 is 0 Å². The third-order valence-corrected chi connectivity index (χ3v) is 3.94. The van der Waals surface area contributed by atoms with Crippen LogP contribution in [0.1, 0.15) is 23.2 Å². The minimum Gasteiger partial charge on any atom is -0.373 e. The van der Waals surface area contributed by atoms with Gasteiger partial charge in [-0.2, -0.15) is 0 Å². The topological polar surface area (TPSA) is 41.1 Å². The Hall–Kier alpha value is -1.62. The van der Waals surface area contributed by atoms with Gasteiger partial charge in [-0.15, -0.1) is 11.3 Å². The first-order valence-corrected chi connectivity index (χ1v) is 7.34. The maximum atomic E-state index is 4.61. The molecule has 0 atom stereocenters. The molecule has 0 spiro atoms. The molecule has 2 heterocycles. The Morgan fingerprint density at radius 3 is 2.68 bits per heavy atom. The van der Waals surface area contributed by atoms with E-state index in [4.69, 9.17) is 0 Å². The fraction of sp³-hybridized carbons (Fsp3) is 0.429. The number of aromatic nitrogens is 2. The Labute approximate surface area is 118 Å². The molecule has 4 nitrogen and oxygen atoms in total. The molecular weight excluding hydrogens is 256 g/mol. The van der Waals surface area contributed by atoms with Crippen LogP contribution in [0.15, 0.2) is 17.5 Å². The standard InChI is InChI=1S/C14H20N4S/c1-5-18(9-12-7-6-8-19-12)14-10(2)13(15-4)16-11(3)17-14/h6-8H,5,9H2,1-4H3,(H,15,16,17). The van der Waals surface area contributed by atoms with Crippen molar-refractivity contribution in [2.75, 3.05) is 23.8 Å². The number of aryl methyl sites for hydroxylation is 1. The van der Waals surface area contributed by atoms with E-state index in [1.807, 2.05) is 14.0 Å². The van der Waals surface area contributed by atoms with E-state index in [9.17, 15) is 0 Å². The molecule has 1 N–H and O–H groups in total. The zero-order valence-electron chi connectivity index (χ0n) is 11.9. The van der Waals surface area contributed by atoms with Gasteiger partial charge in [-0.1, -0.05) is 6.07 Å². The normalized spacial score (nSPS) is 10.5. The first-order chi connectivity index (χ1) is 9.15. The van der Waals surface area contributed by atoms with Crippen LogP contribution in [0.3, 0.4) is 0 Å². The first kappa shape index (κ1) is 13.8. The van der Waals surface area contributed by atoms with E-state index >= 15 is 0 Å². The van der Waals surface area contributed by atoms with Crippen molar-refractivity contribution in [3.05, 3.63) is 33.8 Å². The maximum absolute atomic E-state index is 4.61. The molecule has 19 heavy (non-hydrogen) atoms. The largest absolute Gasteiger partial charge is 0.373 e. The molecule has 0 radical (unpaired) electrons. The lowest BCUT2D eigenvalue weighted by Gasteiger charge is -2.24. The van der Waals surface area contributed by atoms with Crippen molar-refractivity contribution in [1.82, 2.24) is 9.97 Å². The summed E-state index contributed by atoms with van der Waals surface area (Å²) in [7, 11) is 1.90. The zero-order chi connectivity index (χ0) is 13.8. The molecule has 0 fully saturated rings. The van der Waals surface area contributed by atoms with Gasteiger partial charge in [-0.3, -0.25) is 0 Å². The summed E-state index contributed by atoms with van der Waals surface area (Å²) in [5.74, 6) is 2.73. The lowest BCUT2D eigenvalue weighted by Crippen LogP contribution is -2.24. The molecule has 0 bridgehead atoms. The second kappa shape index (κ2) is 6.02. The molecule has 2 rings (SSSR count). The number of anilines is 2. The highest BCUT2D eigenvalue weighted by Crippen LogP contribution is 2.25. The van der Waals surface area contributed by atoms with Gasteiger partial charge in [-0.25, -0.2) is 9.97 Å². The predicted octanol–water partition coefficient (Wildman–Crippen LogP) is 3.22. The highest BCUT2D eigenvalue weighted by atomic mass is 32.1. The fourth-order valence-corrected chi connectivity index (χ4v) is 2.81. The summed E-state index contributed by atoms with van der Waals surface area (Å²) in [6.07, 6.45) is 0. The van der Waals surface area contributed by atoms with E-state index in [0.717, 1.165) is 36.1 Å². The van der Waals surface area contributed by atoms with Crippen LogP contribution in [-0.4, -0.2) is 23.6 Å². The van der Waals surface area contributed by atoms with Crippen molar-refractivity contribution in [3.63, 3.8) is 0 Å². The van der Waals surface area contributed by atoms with E-state index in [0.29, 0.717) is 0 Å². The second-order valence-electron chi connectivity index (χ2n) is 4.41. The summed E-state index contributed by atoms with van der Waals surface area (Å²) in [6.45, 7) is 7.98. The molecule has 0 amide bonds. The summed E-state index contributed by atoms with van der Waals surface area (Å²) in [5.41, 5.74) is 1.10. The van der Waals surface area contributed by atoms with Crippen molar-refractivity contribution in [3.8, 4) is 0 Å². The number of rotatable bonds is 5. The van der Waals surface area contributed by atoms with Gasteiger partial charge in [0, 0.05) is 24.0 Å². The molecule has 0 aliphatic rings. The molecule has 2 aromatic rings. The molecule has 102 valence electrons. The molecule has 0 saturated heterocycles. The first-order valence-electron chi connectivity index (χ1n) is 6.46. The minimum absolute atomic E-state index is 0.801. The van der Waals surface area contributed by atoms with Gasteiger partial charge in [0.2, 0.25) is 0 Å². The summed E-state index contributed by atoms with van der Waals surface area (Å²) in [6, 6.07) is 4.25. The van der Waals surface area contributed by atoms with Crippen molar-refractivity contribution >= 4 is 23.0 Å². The second-order valence-corrected chi connectivity index (χ2v) is 5.44. The summed E-state index contributed by atoms with van der Waals surface area (Å²) >= 11 is 1.78. The number of hydrogen-bond donors (Lipinski definition) is 1. The van der Waals surface area contributed by atoms with E-state index in [1.165, 1.54) is 4.88 Å². The van der Waals surface area contributed by atoms with Crippen molar-refractivity contribution in [1.29, 1.82) is 0 Å². The Kier molecular flexibility index (Phi) is 4.37. The van der Waals surface area contributed by atoms with E-state index in [-0.39, 0.29) is 0 Å². The summed E-state index contributed by atoms with van der Waals surface area (Å²) < 4.78 is 0. The molecular formula is C14H20N4S. The molecule has 2 aromatic heterocycles. The minimum atomic E-state index is 0.801. The Morgan fingerprint density at radius 1 is 1.32 bits per heavy atom. The maximum Gasteiger partial charge on any atom is 0.137 e. The van der Waals surface area contributed by atoms with Crippen molar-refractivity contribution in [2.45, 2.75) is 27.3 Å². The van der Waals surface area contributed by atoms with Crippen LogP contribution in [0.4, 0.5) is 11.6 Å². The van der Waals surface area contributed by atoms with Crippen LogP contribution in [0.2, 0.25) is 0 Å². The van der Waals surface area contributed by atoms with Crippen molar-refractivity contribution in [2.24, 2.45) is 0 Å². The van der Waals surface area contributed by atoms with Crippen LogP contribution in [0.25, 0.3) is 0 Å². The van der Waals surface area contributed by atoms with Crippen LogP contribution in [0.5, 0.6) is 0 Å². The average Bonchev–Trinajstić information content (AvgIpc) is 2.91. The SMILES string of the molecule is CCN(Cc1cccs1)c1nc(C)nc(NC)c1C. The van der Waals surface area contributed by atoms with Crippen LogP contribution in [0, 0.1) is 13.8 Å². The molecule has 0 saturated carbocycles. The van der Waals surface area contributed by atoms with E-state index in [1.54, 1.807) is 11.3 Å². The van der Waals surface area contributed by atoms with Gasteiger partial charge in [-0.05, 0) is 32.2 Å². The zero-order valence-corrected chi connectivity index (χ0v) is 12.7. The van der Waals surface area contributed by atoms with E-state index in [2.05, 4.69) is 51.5 Å². The average molecular weight is 276 g/mol. The summed E-state index contributed by atoms with van der Waals surface area (Å²) in [5, 5.41) is 5.25. The lowest BCUT2D eigenvalue weighted by molar-refractivity contribution is 0.807. The lowest BCUT2D eigenvalue weighted by atomic mass is 10.2. The smallest absolute Gasteiger partial charge is 0.137 e. The number of thiophene rings is 1. The fourth-order valence-electron chi connectivity index (χ4n) is 2.09. The van der Waals surface area contributed by atoms with Gasteiger partial charge in [0.25, 0.3) is 0 Å². The predicted molar refractivity (Wildman–Crippen MR) is 82.1 cm³/mol. The molecule has 0 aliphatic carbocycles. The van der Waals surface area contributed by atoms with Crippen LogP contribution < -0.4 is 10.2 Å². The van der Waals surface area contributed by atoms with E-state index < -0.39 is 0 Å². The number of nitrogens with zero attached hydrogens (tertiary/aromatic N) is 3. The van der Waals surface area contributed by atoms with Crippen LogP contribution >= 0.6 is 11.3 Å². The monoisotopic (exact) mass is 276 g/mol. The quantitative estimate of drug-likeness (QED) is 0.910. The number of hydrogen-bond acceptors (Lipinski definition) is 5. The molecule has 0 aliphatic heterocycles. The highest BCUT2D eigenvalue weighted by Gasteiger charge is 2.14. The summed E-state index contributed by atoms with van der Waals surface area (Å²) in [4.78, 5) is 12.7. The molecule has 5 heteroatoms. The van der Waals surface area contributed by atoms with Gasteiger partial charge < -0.3 is 10.2 Å². The number of nitrogens with one attached hydrogen (secondary N) is 1. The van der Waals surface area contributed by atoms with Gasteiger partial charge in [0.1, 0.15) is 17.5 Å². The Morgan fingerprint density at radius 2 is 2.11 bits per heavy atom. The van der Waals surface area contributed by atoms with Crippen molar-refractivity contribution < 1.29 is 0 Å². The molecule has 0 aromatic carbocycles. The molecule has 0 unspecified atom stereocenters. The third kappa shape index (κ3) is 3.04. The van der Waals surface area contributed by atoms with Gasteiger partial charge in [0.05, 0.1) is 6.54 Å². The Balaban J connectivity index is 2.34.